The van der Waals surface area contributed by atoms with E-state index < -0.39 is 34.7 Å². The van der Waals surface area contributed by atoms with Gasteiger partial charge in [-0.2, -0.15) is 0 Å². The highest BCUT2D eigenvalue weighted by Crippen LogP contribution is 2.24. The molecule has 0 unspecified atom stereocenters. The van der Waals surface area contributed by atoms with Gasteiger partial charge in [-0.25, -0.2) is 14.4 Å². The predicted octanol–water partition coefficient (Wildman–Crippen LogP) is 1.03. The van der Waals surface area contributed by atoms with Crippen molar-refractivity contribution in [2.75, 3.05) is 0 Å². The molecule has 2 aromatic heterocycles. The first-order valence-electron chi connectivity index (χ1n) is 4.78. The van der Waals surface area contributed by atoms with Crippen LogP contribution in [0.25, 0.3) is 5.52 Å². The fourth-order valence-corrected chi connectivity index (χ4v) is 1.84. The lowest BCUT2D eigenvalue weighted by Crippen LogP contribution is -2.11. The van der Waals surface area contributed by atoms with Crippen LogP contribution in [0.15, 0.2) is 24.4 Å². The van der Waals surface area contributed by atoms with E-state index in [1.807, 2.05) is 0 Å². The first kappa shape index (κ1) is 11.6. The first-order valence-corrected chi connectivity index (χ1v) is 4.78. The third kappa shape index (κ3) is 1.49. The molecule has 0 radical (unpaired) electrons. The van der Waals surface area contributed by atoms with Gasteiger partial charge >= 0.3 is 17.9 Å². The van der Waals surface area contributed by atoms with Gasteiger partial charge in [-0.1, -0.05) is 6.07 Å². The van der Waals surface area contributed by atoms with Gasteiger partial charge in [-0.3, -0.25) is 0 Å². The van der Waals surface area contributed by atoms with Gasteiger partial charge in [-0.15, -0.1) is 0 Å². The average molecular weight is 249 g/mol. The van der Waals surface area contributed by atoms with E-state index in [9.17, 15) is 14.4 Å². The van der Waals surface area contributed by atoms with E-state index >= 15 is 0 Å². The lowest BCUT2D eigenvalue weighted by Gasteiger charge is -1.97. The molecular weight excluding hydrogens is 242 g/mol. The van der Waals surface area contributed by atoms with E-state index in [0.717, 1.165) is 4.40 Å². The maximum atomic E-state index is 11.1. The van der Waals surface area contributed by atoms with Crippen molar-refractivity contribution in [3.8, 4) is 0 Å². The van der Waals surface area contributed by atoms with Crippen molar-refractivity contribution in [1.29, 1.82) is 0 Å². The molecule has 0 bridgehead atoms. The Labute approximate surface area is 99.5 Å². The number of aromatic nitrogens is 1. The fraction of sp³-hybridized carbons (Fsp3) is 0. The summed E-state index contributed by atoms with van der Waals surface area (Å²) in [5, 5.41) is 27.1. The topological polar surface area (TPSA) is 116 Å². The van der Waals surface area contributed by atoms with E-state index in [2.05, 4.69) is 0 Å². The minimum Gasteiger partial charge on any atom is -0.478 e. The molecule has 0 saturated heterocycles. The van der Waals surface area contributed by atoms with Gasteiger partial charge < -0.3 is 19.7 Å². The van der Waals surface area contributed by atoms with Crippen molar-refractivity contribution in [2.45, 2.75) is 0 Å². The van der Waals surface area contributed by atoms with E-state index in [-0.39, 0.29) is 5.52 Å². The van der Waals surface area contributed by atoms with Gasteiger partial charge in [0.2, 0.25) is 0 Å². The molecule has 0 fully saturated rings. The molecule has 0 spiro atoms. The maximum absolute atomic E-state index is 11.1. The van der Waals surface area contributed by atoms with Gasteiger partial charge in [-0.05, 0) is 12.1 Å². The van der Waals surface area contributed by atoms with Crippen LogP contribution in [-0.2, 0) is 0 Å². The molecular formula is C11H7NO6. The average Bonchev–Trinajstić information content (AvgIpc) is 2.63. The van der Waals surface area contributed by atoms with Crippen LogP contribution in [0.1, 0.15) is 31.2 Å². The number of aromatic carboxylic acids is 3. The molecule has 0 saturated carbocycles. The summed E-state index contributed by atoms with van der Waals surface area (Å²) in [5.41, 5.74) is -1.79. The van der Waals surface area contributed by atoms with Crippen LogP contribution in [0.3, 0.4) is 0 Å². The molecule has 0 aromatic carbocycles. The van der Waals surface area contributed by atoms with Crippen LogP contribution in [-0.4, -0.2) is 37.6 Å². The zero-order valence-corrected chi connectivity index (χ0v) is 8.82. The van der Waals surface area contributed by atoms with Crippen LogP contribution < -0.4 is 0 Å². The van der Waals surface area contributed by atoms with Gasteiger partial charge in [0.05, 0.1) is 5.52 Å². The molecule has 2 heterocycles. The van der Waals surface area contributed by atoms with Crippen molar-refractivity contribution >= 4 is 23.4 Å². The summed E-state index contributed by atoms with van der Waals surface area (Å²) in [6, 6.07) is 4.33. The number of pyridine rings is 1. The normalized spacial score (nSPS) is 10.4. The Hall–Kier alpha value is -2.83. The Kier molecular flexibility index (Phi) is 2.51. The molecule has 3 N–H and O–H groups in total. The number of carboxylic acids is 3. The Morgan fingerprint density at radius 3 is 2.00 bits per heavy atom. The molecule has 0 aliphatic carbocycles. The number of nitrogens with zero attached hydrogens (tertiary/aromatic N) is 1. The SMILES string of the molecule is O=C(O)c1c(C(=O)O)c2ccccn2c1C(=O)O. The Bertz CT molecular complexity index is 633. The number of hydrogen-bond acceptors (Lipinski definition) is 3. The third-order valence-electron chi connectivity index (χ3n) is 2.47. The summed E-state index contributed by atoms with van der Waals surface area (Å²) in [4.78, 5) is 33.3. The largest absolute Gasteiger partial charge is 0.478 e. The van der Waals surface area contributed by atoms with Crippen LogP contribution in [0, 0.1) is 0 Å². The minimum absolute atomic E-state index is 0.0276. The summed E-state index contributed by atoms with van der Waals surface area (Å²) < 4.78 is 1.04. The highest BCUT2D eigenvalue weighted by molar-refractivity contribution is 6.13. The van der Waals surface area contributed by atoms with Crippen LogP contribution in [0.2, 0.25) is 0 Å². The standard InChI is InChI=1S/C11H7NO6/c13-9(14)6-5-3-1-2-4-12(5)8(11(17)18)7(6)10(15)16/h1-4H,(H,13,14)(H,15,16)(H,17,18). The molecule has 7 nitrogen and oxygen atoms in total. The molecule has 7 heteroatoms. The molecule has 0 aliphatic heterocycles. The second-order valence-corrected chi connectivity index (χ2v) is 3.47. The molecule has 18 heavy (non-hydrogen) atoms. The van der Waals surface area contributed by atoms with E-state index in [1.165, 1.54) is 24.4 Å². The number of carboxylic acid groups (broad SMARTS) is 3. The van der Waals surface area contributed by atoms with Gasteiger partial charge in [0.1, 0.15) is 16.8 Å². The zero-order valence-electron chi connectivity index (χ0n) is 8.82. The van der Waals surface area contributed by atoms with Crippen molar-refractivity contribution in [3.05, 3.63) is 41.2 Å². The molecule has 0 atom stereocenters. The van der Waals surface area contributed by atoms with E-state index in [0.29, 0.717) is 0 Å². The highest BCUT2D eigenvalue weighted by Gasteiger charge is 2.30. The summed E-state index contributed by atoms with van der Waals surface area (Å²) in [6.45, 7) is 0. The highest BCUT2D eigenvalue weighted by atomic mass is 16.4. The van der Waals surface area contributed by atoms with E-state index in [4.69, 9.17) is 15.3 Å². The Morgan fingerprint density at radius 1 is 0.889 bits per heavy atom. The lowest BCUT2D eigenvalue weighted by atomic mass is 10.1. The number of hydrogen-bond donors (Lipinski definition) is 3. The monoisotopic (exact) mass is 249 g/mol. The van der Waals surface area contributed by atoms with Crippen LogP contribution in [0.5, 0.6) is 0 Å². The van der Waals surface area contributed by atoms with Crippen molar-refractivity contribution < 1.29 is 29.7 Å². The number of carbonyl (C=O) groups is 3. The maximum Gasteiger partial charge on any atom is 0.353 e. The molecule has 0 aliphatic rings. The first-order chi connectivity index (χ1) is 8.45. The zero-order chi connectivity index (χ0) is 13.4. The summed E-state index contributed by atoms with van der Waals surface area (Å²) in [6.07, 6.45) is 1.30. The number of rotatable bonds is 3. The van der Waals surface area contributed by atoms with Crippen molar-refractivity contribution in [2.24, 2.45) is 0 Å². The third-order valence-corrected chi connectivity index (χ3v) is 2.47. The lowest BCUT2D eigenvalue weighted by molar-refractivity contribution is 0.0634. The number of fused-ring (bicyclic) bond motifs is 1. The second kappa shape index (κ2) is 3.88. The minimum atomic E-state index is -1.59. The summed E-state index contributed by atoms with van der Waals surface area (Å²) >= 11 is 0. The fourth-order valence-electron chi connectivity index (χ4n) is 1.84. The Morgan fingerprint density at radius 2 is 1.50 bits per heavy atom. The Balaban J connectivity index is 3.05. The van der Waals surface area contributed by atoms with Crippen LogP contribution in [0.4, 0.5) is 0 Å². The molecule has 2 aromatic rings. The van der Waals surface area contributed by atoms with Gasteiger partial charge in [0.15, 0.2) is 0 Å². The van der Waals surface area contributed by atoms with Crippen molar-refractivity contribution in [1.82, 2.24) is 4.40 Å². The van der Waals surface area contributed by atoms with Crippen molar-refractivity contribution in [3.63, 3.8) is 0 Å². The summed E-state index contributed by atoms with van der Waals surface area (Å²) in [7, 11) is 0. The quantitative estimate of drug-likeness (QED) is 0.748. The predicted molar refractivity (Wildman–Crippen MR) is 58.3 cm³/mol. The second-order valence-electron chi connectivity index (χ2n) is 3.47. The van der Waals surface area contributed by atoms with E-state index in [1.54, 1.807) is 0 Å². The van der Waals surface area contributed by atoms with Gasteiger partial charge in [0.25, 0.3) is 0 Å². The van der Waals surface area contributed by atoms with Crippen LogP contribution >= 0.6 is 0 Å². The molecule has 2 rings (SSSR count). The molecule has 92 valence electrons. The summed E-state index contributed by atoms with van der Waals surface area (Å²) in [5.74, 6) is -4.57. The smallest absolute Gasteiger partial charge is 0.353 e. The molecule has 0 amide bonds. The van der Waals surface area contributed by atoms with Gasteiger partial charge in [0, 0.05) is 6.20 Å².